The zero-order chi connectivity index (χ0) is 21.0. The number of hydrogen-bond acceptors (Lipinski definition) is 4. The number of fused-ring (bicyclic) bond motifs is 1. The van der Waals surface area contributed by atoms with Gasteiger partial charge in [0, 0.05) is 40.7 Å². The molecule has 3 aromatic rings. The molecule has 5 rings (SSSR count). The van der Waals surface area contributed by atoms with Crippen molar-refractivity contribution in [2.75, 3.05) is 32.0 Å². The van der Waals surface area contributed by atoms with E-state index in [9.17, 15) is 5.11 Å². The Morgan fingerprint density at radius 1 is 0.903 bits per heavy atom. The Bertz CT molecular complexity index is 1000. The van der Waals surface area contributed by atoms with Gasteiger partial charge in [-0.1, -0.05) is 48.5 Å². The summed E-state index contributed by atoms with van der Waals surface area (Å²) in [6.45, 7) is 4.31. The lowest BCUT2D eigenvalue weighted by Crippen LogP contribution is -2.25. The number of nitrogens with zero attached hydrogens (tertiary/aromatic N) is 1. The van der Waals surface area contributed by atoms with Crippen LogP contribution in [0.5, 0.6) is 11.5 Å². The fourth-order valence-electron chi connectivity index (χ4n) is 4.87. The van der Waals surface area contributed by atoms with Gasteiger partial charge < -0.3 is 14.7 Å². The second-order valence-corrected chi connectivity index (χ2v) is 9.66. The smallest absolute Gasteiger partial charge is 0.126 e. The highest BCUT2D eigenvalue weighted by Gasteiger charge is 2.33. The Kier molecular flexibility index (Phi) is 6.19. The molecule has 31 heavy (non-hydrogen) atoms. The molecular weight excluding hydrogens is 402 g/mol. The van der Waals surface area contributed by atoms with E-state index in [2.05, 4.69) is 59.5 Å². The van der Waals surface area contributed by atoms with Gasteiger partial charge in [0.25, 0.3) is 0 Å². The van der Waals surface area contributed by atoms with Crippen molar-refractivity contribution in [2.24, 2.45) is 0 Å². The molecule has 2 aliphatic rings. The van der Waals surface area contributed by atoms with Gasteiger partial charge in [-0.15, -0.1) is 11.8 Å². The maximum absolute atomic E-state index is 9.94. The van der Waals surface area contributed by atoms with Crippen LogP contribution in [0, 0.1) is 0 Å². The number of benzene rings is 3. The first-order valence-electron chi connectivity index (χ1n) is 11.2. The molecule has 0 aliphatic carbocycles. The van der Waals surface area contributed by atoms with E-state index in [1.165, 1.54) is 48.5 Å². The summed E-state index contributed by atoms with van der Waals surface area (Å²) in [5, 5.41) is 9.94. The Labute approximate surface area is 189 Å². The molecule has 2 aliphatic heterocycles. The summed E-state index contributed by atoms with van der Waals surface area (Å²) < 4.78 is 6.08. The topological polar surface area (TPSA) is 32.7 Å². The molecule has 4 heteroatoms. The second-order valence-electron chi connectivity index (χ2n) is 8.49. The summed E-state index contributed by atoms with van der Waals surface area (Å²) in [6.07, 6.45) is 2.71. The molecular formula is C27H29NO2S. The standard InChI is InChI=1S/C27H29NO2S/c29-22-10-13-24-26(18-22)30-19-25(20-6-2-1-3-7-20)27(24)21-8-11-23(12-9-21)31-17-16-28-14-4-5-15-28/h1-3,6-13,18,25,27,29H,4-5,14-17,19H2/t25-,27-/m1/s1. The average molecular weight is 432 g/mol. The van der Waals surface area contributed by atoms with Crippen molar-refractivity contribution in [3.05, 3.63) is 89.5 Å². The molecule has 0 bridgehead atoms. The predicted molar refractivity (Wildman–Crippen MR) is 127 cm³/mol. The zero-order valence-electron chi connectivity index (χ0n) is 17.7. The van der Waals surface area contributed by atoms with Gasteiger partial charge >= 0.3 is 0 Å². The molecule has 0 saturated carbocycles. The summed E-state index contributed by atoms with van der Waals surface area (Å²) in [7, 11) is 0. The second kappa shape index (κ2) is 9.37. The van der Waals surface area contributed by atoms with Gasteiger partial charge in [-0.2, -0.15) is 0 Å². The third-order valence-corrected chi connectivity index (χ3v) is 7.49. The van der Waals surface area contributed by atoms with E-state index in [0.29, 0.717) is 6.61 Å². The van der Waals surface area contributed by atoms with Crippen LogP contribution < -0.4 is 4.74 Å². The quantitative estimate of drug-likeness (QED) is 0.494. The van der Waals surface area contributed by atoms with E-state index in [1.807, 2.05) is 17.8 Å². The van der Waals surface area contributed by atoms with Crippen molar-refractivity contribution in [2.45, 2.75) is 29.6 Å². The van der Waals surface area contributed by atoms with Gasteiger partial charge in [0.05, 0.1) is 6.61 Å². The first-order valence-corrected chi connectivity index (χ1v) is 12.2. The third-order valence-electron chi connectivity index (χ3n) is 6.49. The molecule has 160 valence electrons. The van der Waals surface area contributed by atoms with Crippen LogP contribution in [0.1, 0.15) is 41.4 Å². The van der Waals surface area contributed by atoms with E-state index in [0.717, 1.165) is 17.1 Å². The number of phenolic OH excluding ortho intramolecular Hbond substituents is 1. The van der Waals surface area contributed by atoms with Crippen molar-refractivity contribution >= 4 is 11.8 Å². The Balaban J connectivity index is 1.38. The molecule has 0 radical (unpaired) electrons. The fourth-order valence-corrected chi connectivity index (χ4v) is 5.78. The van der Waals surface area contributed by atoms with Crippen molar-refractivity contribution < 1.29 is 9.84 Å². The minimum Gasteiger partial charge on any atom is -0.508 e. The third kappa shape index (κ3) is 4.60. The van der Waals surface area contributed by atoms with Crippen LogP contribution in [-0.2, 0) is 0 Å². The van der Waals surface area contributed by atoms with Crippen molar-refractivity contribution in [1.82, 2.24) is 4.90 Å². The summed E-state index contributed by atoms with van der Waals surface area (Å²) >= 11 is 1.95. The lowest BCUT2D eigenvalue weighted by Gasteiger charge is -2.34. The van der Waals surface area contributed by atoms with Crippen molar-refractivity contribution in [3.63, 3.8) is 0 Å². The number of aromatic hydroxyl groups is 1. The molecule has 0 unspecified atom stereocenters. The first kappa shape index (κ1) is 20.5. The Hall–Kier alpha value is -2.43. The fraction of sp³-hybridized carbons (Fsp3) is 0.333. The number of rotatable bonds is 6. The molecule has 3 aromatic carbocycles. The van der Waals surface area contributed by atoms with Gasteiger partial charge in [0.1, 0.15) is 11.5 Å². The number of thioether (sulfide) groups is 1. The Morgan fingerprint density at radius 2 is 1.68 bits per heavy atom. The van der Waals surface area contributed by atoms with E-state index in [-0.39, 0.29) is 17.6 Å². The van der Waals surface area contributed by atoms with Crippen LogP contribution in [0.2, 0.25) is 0 Å². The zero-order valence-corrected chi connectivity index (χ0v) is 18.6. The number of phenols is 1. The van der Waals surface area contributed by atoms with E-state index in [4.69, 9.17) is 4.74 Å². The maximum atomic E-state index is 9.94. The van der Waals surface area contributed by atoms with Crippen LogP contribution in [-0.4, -0.2) is 42.0 Å². The minimum atomic E-state index is 0.204. The number of likely N-dealkylation sites (tertiary alicyclic amines) is 1. The van der Waals surface area contributed by atoms with E-state index >= 15 is 0 Å². The molecule has 0 amide bonds. The van der Waals surface area contributed by atoms with Gasteiger partial charge in [-0.3, -0.25) is 0 Å². The molecule has 1 saturated heterocycles. The molecule has 2 heterocycles. The lowest BCUT2D eigenvalue weighted by atomic mass is 9.76. The molecule has 3 nitrogen and oxygen atoms in total. The van der Waals surface area contributed by atoms with Crippen LogP contribution in [0.4, 0.5) is 0 Å². The van der Waals surface area contributed by atoms with Crippen LogP contribution in [0.15, 0.2) is 77.7 Å². The number of hydrogen-bond donors (Lipinski definition) is 1. The maximum Gasteiger partial charge on any atom is 0.126 e. The summed E-state index contributed by atoms with van der Waals surface area (Å²) in [4.78, 5) is 3.90. The molecule has 2 atom stereocenters. The summed E-state index contributed by atoms with van der Waals surface area (Å²) in [5.74, 6) is 2.63. The SMILES string of the molecule is Oc1ccc2c(c1)OC[C@H](c1ccccc1)[C@@H]2c1ccc(SCCN2CCCC2)cc1. The first-order chi connectivity index (χ1) is 15.3. The Morgan fingerprint density at radius 3 is 2.45 bits per heavy atom. The van der Waals surface area contributed by atoms with Gasteiger partial charge in [0.2, 0.25) is 0 Å². The highest BCUT2D eigenvalue weighted by molar-refractivity contribution is 7.99. The largest absolute Gasteiger partial charge is 0.508 e. The number of ether oxygens (including phenoxy) is 1. The van der Waals surface area contributed by atoms with Crippen molar-refractivity contribution in [3.8, 4) is 11.5 Å². The van der Waals surface area contributed by atoms with Gasteiger partial charge in [-0.05, 0) is 55.3 Å². The minimum absolute atomic E-state index is 0.204. The highest BCUT2D eigenvalue weighted by Crippen LogP contribution is 2.47. The summed E-state index contributed by atoms with van der Waals surface area (Å²) in [5.41, 5.74) is 3.73. The van der Waals surface area contributed by atoms with E-state index < -0.39 is 0 Å². The van der Waals surface area contributed by atoms with E-state index in [1.54, 1.807) is 12.1 Å². The highest BCUT2D eigenvalue weighted by atomic mass is 32.2. The van der Waals surface area contributed by atoms with Crippen LogP contribution in [0.25, 0.3) is 0 Å². The monoisotopic (exact) mass is 431 g/mol. The molecule has 0 aromatic heterocycles. The summed E-state index contributed by atoms with van der Waals surface area (Å²) in [6, 6.07) is 25.2. The normalized spacial score (nSPS) is 20.9. The van der Waals surface area contributed by atoms with Gasteiger partial charge in [0.15, 0.2) is 0 Å². The van der Waals surface area contributed by atoms with Crippen LogP contribution >= 0.6 is 11.8 Å². The van der Waals surface area contributed by atoms with Crippen molar-refractivity contribution in [1.29, 1.82) is 0 Å². The predicted octanol–water partition coefficient (Wildman–Crippen LogP) is 5.89. The molecule has 0 spiro atoms. The van der Waals surface area contributed by atoms with Crippen LogP contribution in [0.3, 0.4) is 0 Å². The molecule has 1 N–H and O–H groups in total. The lowest BCUT2D eigenvalue weighted by molar-refractivity contribution is 0.248. The molecule has 1 fully saturated rings. The van der Waals surface area contributed by atoms with Gasteiger partial charge in [-0.25, -0.2) is 0 Å². The average Bonchev–Trinajstić information content (AvgIpc) is 3.33.